The van der Waals surface area contributed by atoms with Crippen LogP contribution in [-0.2, 0) is 6.42 Å². The second-order valence-corrected chi connectivity index (χ2v) is 6.32. The monoisotopic (exact) mass is 289 g/mol. The molecule has 3 rings (SSSR count). The van der Waals surface area contributed by atoms with Gasteiger partial charge in [0, 0.05) is 35.4 Å². The molecule has 1 N–H and O–H groups in total. The molecule has 0 aromatic heterocycles. The largest absolute Gasteiger partial charge is 0.382 e. The summed E-state index contributed by atoms with van der Waals surface area (Å²) >= 11 is 0. The molecule has 0 radical (unpaired) electrons. The van der Waals surface area contributed by atoms with Crippen molar-refractivity contribution in [1.82, 2.24) is 4.90 Å². The van der Waals surface area contributed by atoms with Gasteiger partial charge in [-0.25, -0.2) is 0 Å². The lowest BCUT2D eigenvalue weighted by atomic mass is 9.97. The quantitative estimate of drug-likeness (QED) is 0.683. The molecule has 0 saturated carbocycles. The maximum Gasteiger partial charge on any atom is 0.274 e. The van der Waals surface area contributed by atoms with Gasteiger partial charge in [-0.05, 0) is 45.2 Å². The molecule has 2 aliphatic heterocycles. The van der Waals surface area contributed by atoms with Crippen molar-refractivity contribution in [3.63, 3.8) is 0 Å². The molecule has 2 fully saturated rings. The number of nitrogens with one attached hydrogen (secondary N) is 1. The molecular formula is C16H23N3O2. The lowest BCUT2D eigenvalue weighted by Crippen LogP contribution is -2.44. The Morgan fingerprint density at radius 2 is 2.00 bits per heavy atom. The summed E-state index contributed by atoms with van der Waals surface area (Å²) in [4.78, 5) is 13.4. The molecule has 2 atom stereocenters. The third-order valence-electron chi connectivity index (χ3n) is 5.13. The van der Waals surface area contributed by atoms with Gasteiger partial charge in [0.05, 0.1) is 4.92 Å². The first-order valence-corrected chi connectivity index (χ1v) is 7.84. The number of fused-ring (bicyclic) bond motifs is 2. The number of nitro benzene ring substituents is 1. The van der Waals surface area contributed by atoms with E-state index in [4.69, 9.17) is 0 Å². The summed E-state index contributed by atoms with van der Waals surface area (Å²) in [6.07, 6.45) is 5.53. The van der Waals surface area contributed by atoms with Crippen LogP contribution < -0.4 is 5.32 Å². The van der Waals surface area contributed by atoms with E-state index in [1.165, 1.54) is 12.8 Å². The van der Waals surface area contributed by atoms with Crippen molar-refractivity contribution < 1.29 is 4.92 Å². The zero-order valence-electron chi connectivity index (χ0n) is 12.7. The van der Waals surface area contributed by atoms with E-state index >= 15 is 0 Å². The van der Waals surface area contributed by atoms with Gasteiger partial charge in [0.1, 0.15) is 0 Å². The van der Waals surface area contributed by atoms with Crippen molar-refractivity contribution in [2.75, 3.05) is 12.4 Å². The van der Waals surface area contributed by atoms with Gasteiger partial charge in [-0.1, -0.05) is 13.0 Å². The van der Waals surface area contributed by atoms with Crippen LogP contribution in [0.5, 0.6) is 0 Å². The number of nitrogens with zero attached hydrogens (tertiary/aromatic N) is 2. The Morgan fingerprint density at radius 3 is 2.57 bits per heavy atom. The topological polar surface area (TPSA) is 58.4 Å². The van der Waals surface area contributed by atoms with Gasteiger partial charge in [-0.3, -0.25) is 10.1 Å². The maximum atomic E-state index is 11.2. The first-order valence-electron chi connectivity index (χ1n) is 7.84. The number of anilines is 1. The molecule has 1 aromatic carbocycles. The number of hydrogen-bond donors (Lipinski definition) is 1. The molecule has 2 saturated heterocycles. The standard InChI is InChI=1S/C16H23N3O2/c1-3-11-4-5-12(10-16(11)19(20)21)17-13-8-14-6-7-15(9-13)18(14)2/h4-5,10,13-15,17H,3,6-9H2,1-2H3. The Balaban J connectivity index is 1.74. The SMILES string of the molecule is CCc1ccc(NC2CC3CCC(C2)N3C)cc1[N+](=O)[O-]. The summed E-state index contributed by atoms with van der Waals surface area (Å²) in [5.41, 5.74) is 1.92. The molecule has 1 aromatic rings. The first kappa shape index (κ1) is 14.3. The highest BCUT2D eigenvalue weighted by molar-refractivity contribution is 5.55. The molecule has 2 unspecified atom stereocenters. The zero-order chi connectivity index (χ0) is 15.0. The smallest absolute Gasteiger partial charge is 0.274 e. The molecule has 2 aliphatic rings. The molecule has 0 amide bonds. The Morgan fingerprint density at radius 1 is 1.33 bits per heavy atom. The van der Waals surface area contributed by atoms with Crippen LogP contribution in [0.4, 0.5) is 11.4 Å². The van der Waals surface area contributed by atoms with Gasteiger partial charge in [0.25, 0.3) is 5.69 Å². The molecule has 21 heavy (non-hydrogen) atoms. The number of hydrogen-bond acceptors (Lipinski definition) is 4. The van der Waals surface area contributed by atoms with Gasteiger partial charge in [-0.15, -0.1) is 0 Å². The van der Waals surface area contributed by atoms with Gasteiger partial charge < -0.3 is 10.2 Å². The molecule has 5 heteroatoms. The van der Waals surface area contributed by atoms with Crippen molar-refractivity contribution in [3.8, 4) is 0 Å². The van der Waals surface area contributed by atoms with Crippen LogP contribution in [-0.4, -0.2) is 35.0 Å². The van der Waals surface area contributed by atoms with Crippen LogP contribution in [0.15, 0.2) is 18.2 Å². The van der Waals surface area contributed by atoms with E-state index in [0.29, 0.717) is 24.5 Å². The fourth-order valence-electron chi connectivity index (χ4n) is 3.89. The highest BCUT2D eigenvalue weighted by Crippen LogP contribution is 2.35. The van der Waals surface area contributed by atoms with E-state index in [1.807, 2.05) is 19.1 Å². The van der Waals surface area contributed by atoms with Crippen molar-refractivity contribution >= 4 is 11.4 Å². The molecule has 2 heterocycles. The summed E-state index contributed by atoms with van der Waals surface area (Å²) in [5.74, 6) is 0. The Labute approximate surface area is 125 Å². The fourth-order valence-corrected chi connectivity index (χ4v) is 3.89. The van der Waals surface area contributed by atoms with Crippen molar-refractivity contribution in [1.29, 1.82) is 0 Å². The highest BCUT2D eigenvalue weighted by Gasteiger charge is 2.38. The number of benzene rings is 1. The predicted molar refractivity (Wildman–Crippen MR) is 83.7 cm³/mol. The van der Waals surface area contributed by atoms with E-state index in [9.17, 15) is 10.1 Å². The van der Waals surface area contributed by atoms with E-state index in [-0.39, 0.29) is 10.6 Å². The van der Waals surface area contributed by atoms with Crippen molar-refractivity contribution in [3.05, 3.63) is 33.9 Å². The minimum absolute atomic E-state index is 0.235. The molecular weight excluding hydrogens is 266 g/mol. The van der Waals surface area contributed by atoms with Crippen LogP contribution in [0.3, 0.4) is 0 Å². The van der Waals surface area contributed by atoms with E-state index in [0.717, 1.165) is 24.1 Å². The molecule has 0 aliphatic carbocycles. The first-order chi connectivity index (χ1) is 10.1. The van der Waals surface area contributed by atoms with E-state index < -0.39 is 0 Å². The second kappa shape index (κ2) is 5.64. The molecule has 114 valence electrons. The highest BCUT2D eigenvalue weighted by atomic mass is 16.6. The predicted octanol–water partition coefficient (Wildman–Crippen LogP) is 3.19. The lowest BCUT2D eigenvalue weighted by molar-refractivity contribution is -0.385. The minimum atomic E-state index is -0.275. The van der Waals surface area contributed by atoms with Crippen LogP contribution in [0.2, 0.25) is 0 Å². The van der Waals surface area contributed by atoms with Gasteiger partial charge in [0.15, 0.2) is 0 Å². The normalized spacial score (nSPS) is 28.6. The van der Waals surface area contributed by atoms with Crippen molar-refractivity contribution in [2.24, 2.45) is 0 Å². The molecule has 2 bridgehead atoms. The van der Waals surface area contributed by atoms with Crippen LogP contribution in [0.25, 0.3) is 0 Å². The van der Waals surface area contributed by atoms with Gasteiger partial charge >= 0.3 is 0 Å². The summed E-state index contributed by atoms with van der Waals surface area (Å²) in [6.45, 7) is 1.95. The van der Waals surface area contributed by atoms with Crippen LogP contribution in [0, 0.1) is 10.1 Å². The lowest BCUT2D eigenvalue weighted by Gasteiger charge is -2.37. The summed E-state index contributed by atoms with van der Waals surface area (Å²) in [7, 11) is 2.22. The number of piperidine rings is 1. The average molecular weight is 289 g/mol. The van der Waals surface area contributed by atoms with E-state index in [1.54, 1.807) is 6.07 Å². The number of nitro groups is 1. The Bertz CT molecular complexity index is 532. The maximum absolute atomic E-state index is 11.2. The van der Waals surface area contributed by atoms with Gasteiger partial charge in [-0.2, -0.15) is 0 Å². The molecule has 5 nitrogen and oxygen atoms in total. The minimum Gasteiger partial charge on any atom is -0.382 e. The Kier molecular flexibility index (Phi) is 3.85. The van der Waals surface area contributed by atoms with Crippen molar-refractivity contribution in [2.45, 2.75) is 57.2 Å². The third kappa shape index (κ3) is 2.75. The fraction of sp³-hybridized carbons (Fsp3) is 0.625. The van der Waals surface area contributed by atoms with E-state index in [2.05, 4.69) is 17.3 Å². The summed E-state index contributed by atoms with van der Waals surface area (Å²) in [5, 5.41) is 14.7. The summed E-state index contributed by atoms with van der Waals surface area (Å²) < 4.78 is 0. The Hall–Kier alpha value is -1.62. The second-order valence-electron chi connectivity index (χ2n) is 6.32. The van der Waals surface area contributed by atoms with Crippen LogP contribution in [0.1, 0.15) is 38.2 Å². The average Bonchev–Trinajstić information content (AvgIpc) is 2.69. The number of aryl methyl sites for hydroxylation is 1. The summed E-state index contributed by atoms with van der Waals surface area (Å²) in [6, 6.07) is 7.33. The van der Waals surface area contributed by atoms with Crippen LogP contribution >= 0.6 is 0 Å². The van der Waals surface area contributed by atoms with Gasteiger partial charge in [0.2, 0.25) is 0 Å². The molecule has 0 spiro atoms. The zero-order valence-corrected chi connectivity index (χ0v) is 12.7. The number of rotatable bonds is 4. The third-order valence-corrected chi connectivity index (χ3v) is 5.13.